The van der Waals surface area contributed by atoms with Crippen molar-refractivity contribution < 1.29 is 9.59 Å². The molecule has 0 aromatic heterocycles. The summed E-state index contributed by atoms with van der Waals surface area (Å²) in [5.74, 6) is 0.592. The number of benzene rings is 1. The van der Waals surface area contributed by atoms with Crippen LogP contribution in [0.2, 0.25) is 0 Å². The summed E-state index contributed by atoms with van der Waals surface area (Å²) in [5.41, 5.74) is 1.45. The zero-order valence-corrected chi connectivity index (χ0v) is 13.7. The third-order valence-electron chi connectivity index (χ3n) is 4.48. The van der Waals surface area contributed by atoms with Crippen LogP contribution in [0.25, 0.3) is 0 Å². The summed E-state index contributed by atoms with van der Waals surface area (Å²) in [6, 6.07) is 7.23. The molecule has 3 unspecified atom stereocenters. The Labute approximate surface area is 132 Å². The molecule has 2 N–H and O–H groups in total. The number of hydrogen-bond acceptors (Lipinski definition) is 3. The average Bonchev–Trinajstić information content (AvgIpc) is 2.49. The third kappa shape index (κ3) is 4.33. The Morgan fingerprint density at radius 2 is 1.95 bits per heavy atom. The average molecular weight is 302 g/mol. The van der Waals surface area contributed by atoms with Crippen molar-refractivity contribution in [1.82, 2.24) is 5.32 Å². The highest BCUT2D eigenvalue weighted by Crippen LogP contribution is 2.23. The highest BCUT2D eigenvalue weighted by molar-refractivity contribution is 5.95. The molecule has 4 nitrogen and oxygen atoms in total. The number of nitrogens with one attached hydrogen (secondary N) is 2. The van der Waals surface area contributed by atoms with Gasteiger partial charge in [-0.3, -0.25) is 9.59 Å². The van der Waals surface area contributed by atoms with Crippen LogP contribution < -0.4 is 10.6 Å². The molecule has 22 heavy (non-hydrogen) atoms. The van der Waals surface area contributed by atoms with Crippen molar-refractivity contribution in [3.05, 3.63) is 29.8 Å². The van der Waals surface area contributed by atoms with Crippen molar-refractivity contribution >= 4 is 17.4 Å². The van der Waals surface area contributed by atoms with Crippen LogP contribution in [-0.4, -0.2) is 23.8 Å². The van der Waals surface area contributed by atoms with Crippen molar-refractivity contribution in [2.45, 2.75) is 58.5 Å². The molecule has 1 aromatic carbocycles. The summed E-state index contributed by atoms with van der Waals surface area (Å²) in [6.07, 6.45) is 4.71. The molecule has 2 rings (SSSR count). The molecular formula is C18H26N2O2. The van der Waals surface area contributed by atoms with Gasteiger partial charge in [0.25, 0.3) is 0 Å². The second kappa shape index (κ2) is 7.43. The summed E-state index contributed by atoms with van der Waals surface area (Å²) in [7, 11) is 0. The molecule has 1 saturated carbocycles. The molecular weight excluding hydrogens is 276 g/mol. The molecule has 1 amide bonds. The molecule has 1 fully saturated rings. The highest BCUT2D eigenvalue weighted by atomic mass is 16.2. The molecule has 0 heterocycles. The van der Waals surface area contributed by atoms with E-state index in [1.807, 2.05) is 19.1 Å². The maximum atomic E-state index is 12.3. The summed E-state index contributed by atoms with van der Waals surface area (Å²) in [5, 5.41) is 6.33. The van der Waals surface area contributed by atoms with E-state index in [2.05, 4.69) is 17.6 Å². The normalized spacial score (nSPS) is 22.7. The molecule has 1 aliphatic carbocycles. The van der Waals surface area contributed by atoms with E-state index in [0.29, 0.717) is 11.5 Å². The Hall–Kier alpha value is -1.84. The van der Waals surface area contributed by atoms with Crippen molar-refractivity contribution in [1.29, 1.82) is 0 Å². The van der Waals surface area contributed by atoms with Gasteiger partial charge in [0.1, 0.15) is 6.04 Å². The zero-order chi connectivity index (χ0) is 16.1. The fourth-order valence-corrected chi connectivity index (χ4v) is 2.98. The van der Waals surface area contributed by atoms with E-state index in [0.717, 1.165) is 12.1 Å². The monoisotopic (exact) mass is 302 g/mol. The molecule has 1 aliphatic rings. The number of ketones is 1. The fourth-order valence-electron chi connectivity index (χ4n) is 2.98. The number of hydrogen-bond donors (Lipinski definition) is 2. The van der Waals surface area contributed by atoms with Gasteiger partial charge in [0.2, 0.25) is 5.91 Å². The Bertz CT molecular complexity index is 542. The van der Waals surface area contributed by atoms with Crippen LogP contribution in [0, 0.1) is 5.92 Å². The lowest BCUT2D eigenvalue weighted by Gasteiger charge is -2.30. The first-order valence-corrected chi connectivity index (χ1v) is 8.15. The quantitative estimate of drug-likeness (QED) is 0.820. The molecule has 0 bridgehead atoms. The van der Waals surface area contributed by atoms with Gasteiger partial charge in [0.15, 0.2) is 5.78 Å². The van der Waals surface area contributed by atoms with E-state index >= 15 is 0 Å². The minimum atomic E-state index is -0.323. The summed E-state index contributed by atoms with van der Waals surface area (Å²) in [4.78, 5) is 23.7. The highest BCUT2D eigenvalue weighted by Gasteiger charge is 2.24. The molecule has 3 atom stereocenters. The Morgan fingerprint density at radius 3 is 2.64 bits per heavy atom. The second-order valence-corrected chi connectivity index (χ2v) is 6.38. The van der Waals surface area contributed by atoms with Gasteiger partial charge in [0, 0.05) is 17.3 Å². The summed E-state index contributed by atoms with van der Waals surface area (Å²) >= 11 is 0. The predicted octanol–water partition coefficient (Wildman–Crippen LogP) is 3.38. The van der Waals surface area contributed by atoms with Crippen molar-refractivity contribution in [2.75, 3.05) is 5.32 Å². The number of rotatable bonds is 5. The lowest BCUT2D eigenvalue weighted by molar-refractivity contribution is -0.122. The van der Waals surface area contributed by atoms with Crippen molar-refractivity contribution in [3.63, 3.8) is 0 Å². The minimum absolute atomic E-state index is 0.0204. The Balaban J connectivity index is 1.93. The van der Waals surface area contributed by atoms with Gasteiger partial charge in [-0.15, -0.1) is 0 Å². The van der Waals surface area contributed by atoms with Gasteiger partial charge in [-0.05, 0) is 44.7 Å². The van der Waals surface area contributed by atoms with Crippen LogP contribution in [0.4, 0.5) is 5.69 Å². The summed E-state index contributed by atoms with van der Waals surface area (Å²) in [6.45, 7) is 5.60. The maximum Gasteiger partial charge on any atom is 0.242 e. The van der Waals surface area contributed by atoms with Crippen molar-refractivity contribution in [2.24, 2.45) is 5.92 Å². The van der Waals surface area contributed by atoms with Crippen LogP contribution >= 0.6 is 0 Å². The fraction of sp³-hybridized carbons (Fsp3) is 0.556. The largest absolute Gasteiger partial charge is 0.374 e. The molecule has 120 valence electrons. The molecule has 0 radical (unpaired) electrons. The Morgan fingerprint density at radius 1 is 1.23 bits per heavy atom. The number of carbonyl (C=O) groups is 2. The summed E-state index contributed by atoms with van der Waals surface area (Å²) < 4.78 is 0. The second-order valence-electron chi connectivity index (χ2n) is 6.38. The van der Waals surface area contributed by atoms with E-state index in [-0.39, 0.29) is 23.8 Å². The third-order valence-corrected chi connectivity index (χ3v) is 4.48. The van der Waals surface area contributed by atoms with E-state index in [1.165, 1.54) is 19.3 Å². The Kier molecular flexibility index (Phi) is 5.58. The van der Waals surface area contributed by atoms with Gasteiger partial charge in [0.05, 0.1) is 0 Å². The van der Waals surface area contributed by atoms with Gasteiger partial charge in [-0.1, -0.05) is 31.9 Å². The number of amides is 1. The van der Waals surface area contributed by atoms with Gasteiger partial charge < -0.3 is 10.6 Å². The lowest BCUT2D eigenvalue weighted by atomic mass is 9.86. The molecule has 0 aliphatic heterocycles. The van der Waals surface area contributed by atoms with E-state index < -0.39 is 0 Å². The van der Waals surface area contributed by atoms with E-state index in [9.17, 15) is 9.59 Å². The first-order chi connectivity index (χ1) is 10.5. The standard InChI is InChI=1S/C18H26N2O2/c1-12-7-4-5-10-17(12)20-18(22)13(2)19-16-9-6-8-15(11-16)14(3)21/h6,8-9,11-13,17,19H,4-5,7,10H2,1-3H3,(H,20,22). The zero-order valence-electron chi connectivity index (χ0n) is 13.7. The maximum absolute atomic E-state index is 12.3. The number of anilines is 1. The van der Waals surface area contributed by atoms with Gasteiger partial charge >= 0.3 is 0 Å². The molecule has 1 aromatic rings. The smallest absolute Gasteiger partial charge is 0.242 e. The first kappa shape index (κ1) is 16.5. The van der Waals surface area contributed by atoms with Crippen LogP contribution in [0.5, 0.6) is 0 Å². The van der Waals surface area contributed by atoms with E-state index in [4.69, 9.17) is 0 Å². The first-order valence-electron chi connectivity index (χ1n) is 8.15. The van der Waals surface area contributed by atoms with Crippen LogP contribution in [0.1, 0.15) is 56.8 Å². The predicted molar refractivity (Wildman–Crippen MR) is 89.1 cm³/mol. The van der Waals surface area contributed by atoms with Gasteiger partial charge in [-0.25, -0.2) is 0 Å². The molecule has 0 saturated heterocycles. The van der Waals surface area contributed by atoms with Crippen LogP contribution in [0.3, 0.4) is 0 Å². The van der Waals surface area contributed by atoms with Crippen LogP contribution in [-0.2, 0) is 4.79 Å². The number of carbonyl (C=O) groups excluding carboxylic acids is 2. The molecule has 4 heteroatoms. The SMILES string of the molecule is CC(=O)c1cccc(NC(C)C(=O)NC2CCCCC2C)c1. The van der Waals surface area contributed by atoms with E-state index in [1.54, 1.807) is 19.1 Å². The molecule has 0 spiro atoms. The van der Waals surface area contributed by atoms with Crippen LogP contribution in [0.15, 0.2) is 24.3 Å². The lowest BCUT2D eigenvalue weighted by Crippen LogP contribution is -2.46. The topological polar surface area (TPSA) is 58.2 Å². The minimum Gasteiger partial charge on any atom is -0.374 e. The number of Topliss-reactive ketones (excluding diaryl/α,β-unsaturated/α-hetero) is 1. The van der Waals surface area contributed by atoms with Gasteiger partial charge in [-0.2, -0.15) is 0 Å². The van der Waals surface area contributed by atoms with Crippen molar-refractivity contribution in [3.8, 4) is 0 Å².